The normalized spacial score (nSPS) is 14.5. The number of rotatable bonds is 4. The lowest BCUT2D eigenvalue weighted by molar-refractivity contribution is 0.516. The third kappa shape index (κ3) is 3.45. The van der Waals surface area contributed by atoms with Crippen molar-refractivity contribution in [3.63, 3.8) is 0 Å². The Morgan fingerprint density at radius 3 is 1.76 bits per heavy atom. The molecule has 0 radical (unpaired) electrons. The highest BCUT2D eigenvalue weighted by Crippen LogP contribution is 2.38. The minimum absolute atomic E-state index is 0.119. The fourth-order valence-electron chi connectivity index (χ4n) is 4.84. The zero-order valence-electron chi connectivity index (χ0n) is 17.9. The molecule has 0 amide bonds. The van der Waals surface area contributed by atoms with Gasteiger partial charge in [0, 0.05) is 0 Å². The minimum atomic E-state index is -2.38. The molecule has 3 aromatic rings. The molecular weight excluding hydrogens is 364 g/mol. The second-order valence-corrected chi connectivity index (χ2v) is 12.9. The van der Waals surface area contributed by atoms with Crippen molar-refractivity contribution in [1.82, 2.24) is 0 Å². The Bertz CT molecular complexity index is 1010. The van der Waals surface area contributed by atoms with E-state index in [9.17, 15) is 0 Å². The van der Waals surface area contributed by atoms with E-state index in [2.05, 4.69) is 125 Å². The fraction of sp³-hybridized carbons (Fsp3) is 0.214. The molecule has 0 aliphatic heterocycles. The average molecular weight is 395 g/mol. The van der Waals surface area contributed by atoms with Crippen molar-refractivity contribution < 1.29 is 0 Å². The lowest BCUT2D eigenvalue weighted by Gasteiger charge is -2.38. The van der Waals surface area contributed by atoms with E-state index in [0.717, 1.165) is 6.42 Å². The van der Waals surface area contributed by atoms with Gasteiger partial charge in [-0.05, 0) is 39.9 Å². The summed E-state index contributed by atoms with van der Waals surface area (Å²) in [5.41, 5.74) is 2.96. The Kier molecular flexibility index (Phi) is 5.18. The first-order valence-electron chi connectivity index (χ1n) is 10.5. The van der Waals surface area contributed by atoms with Crippen molar-refractivity contribution in [2.45, 2.75) is 34.1 Å². The van der Waals surface area contributed by atoms with Gasteiger partial charge in [0.15, 0.2) is 8.07 Å². The molecule has 0 heterocycles. The highest BCUT2D eigenvalue weighted by Gasteiger charge is 2.45. The zero-order valence-corrected chi connectivity index (χ0v) is 18.9. The predicted molar refractivity (Wildman–Crippen MR) is 129 cm³/mol. The van der Waals surface area contributed by atoms with Crippen LogP contribution >= 0.6 is 0 Å². The van der Waals surface area contributed by atoms with Gasteiger partial charge in [-0.2, -0.15) is 0 Å². The van der Waals surface area contributed by atoms with Crippen LogP contribution in [0.25, 0.3) is 0 Å². The Labute approximate surface area is 176 Å². The lowest BCUT2D eigenvalue weighted by atomic mass is 9.87. The van der Waals surface area contributed by atoms with Crippen LogP contribution in [0.1, 0.15) is 32.8 Å². The standard InChI is InChI=1S/C28H30Si/c1-22-13-11-18-25(21-22)29(23-14-7-5-8-15-23,24-16-9-6-10-17-24)27-20-12-19-26(27)28(2,3)4/h5-19,21H,20H2,1-4H3. The van der Waals surface area contributed by atoms with E-state index in [4.69, 9.17) is 0 Å². The maximum Gasteiger partial charge on any atom is 0.176 e. The van der Waals surface area contributed by atoms with E-state index >= 15 is 0 Å². The molecule has 1 heteroatoms. The molecule has 0 unspecified atom stereocenters. The van der Waals surface area contributed by atoms with Crippen molar-refractivity contribution >= 4 is 23.6 Å². The first-order chi connectivity index (χ1) is 13.9. The highest BCUT2D eigenvalue weighted by molar-refractivity contribution is 7.16. The van der Waals surface area contributed by atoms with Gasteiger partial charge in [-0.25, -0.2) is 0 Å². The van der Waals surface area contributed by atoms with Gasteiger partial charge in [-0.3, -0.25) is 0 Å². The summed E-state index contributed by atoms with van der Waals surface area (Å²) >= 11 is 0. The van der Waals surface area contributed by atoms with Crippen LogP contribution in [-0.2, 0) is 0 Å². The van der Waals surface area contributed by atoms with Gasteiger partial charge in [0.05, 0.1) is 0 Å². The van der Waals surface area contributed by atoms with Crippen LogP contribution in [-0.4, -0.2) is 8.07 Å². The maximum atomic E-state index is 2.43. The molecule has 0 bridgehead atoms. The van der Waals surface area contributed by atoms with E-state index in [0.29, 0.717) is 0 Å². The van der Waals surface area contributed by atoms with E-state index < -0.39 is 8.07 Å². The molecule has 0 atom stereocenters. The largest absolute Gasteiger partial charge is 0.176 e. The van der Waals surface area contributed by atoms with Crippen molar-refractivity contribution in [2.24, 2.45) is 5.41 Å². The van der Waals surface area contributed by atoms with Crippen molar-refractivity contribution in [3.8, 4) is 0 Å². The predicted octanol–water partition coefficient (Wildman–Crippen LogP) is 5.31. The molecule has 3 aromatic carbocycles. The van der Waals surface area contributed by atoms with Crippen LogP contribution in [0, 0.1) is 12.3 Å². The molecule has 1 aliphatic carbocycles. The summed E-state index contributed by atoms with van der Waals surface area (Å²) in [6, 6.07) is 31.7. The van der Waals surface area contributed by atoms with Crippen LogP contribution in [0.4, 0.5) is 0 Å². The smallest absolute Gasteiger partial charge is 0.0805 e. The molecule has 0 spiro atoms. The molecule has 4 rings (SSSR count). The zero-order chi connectivity index (χ0) is 20.5. The molecule has 0 saturated heterocycles. The van der Waals surface area contributed by atoms with Crippen LogP contribution in [0.5, 0.6) is 0 Å². The lowest BCUT2D eigenvalue weighted by Crippen LogP contribution is -2.69. The molecule has 146 valence electrons. The summed E-state index contributed by atoms with van der Waals surface area (Å²) < 4.78 is 0. The molecule has 29 heavy (non-hydrogen) atoms. The first-order valence-corrected chi connectivity index (χ1v) is 12.5. The molecule has 0 aromatic heterocycles. The third-order valence-corrected chi connectivity index (χ3v) is 11.0. The Morgan fingerprint density at radius 2 is 1.24 bits per heavy atom. The number of hydrogen-bond donors (Lipinski definition) is 0. The quantitative estimate of drug-likeness (QED) is 0.416. The maximum absolute atomic E-state index is 2.43. The Balaban J connectivity index is 2.17. The van der Waals surface area contributed by atoms with E-state index in [1.807, 2.05) is 0 Å². The van der Waals surface area contributed by atoms with Gasteiger partial charge in [0.2, 0.25) is 0 Å². The topological polar surface area (TPSA) is 0 Å². The van der Waals surface area contributed by atoms with Crippen LogP contribution < -0.4 is 15.6 Å². The average Bonchev–Trinajstić information content (AvgIpc) is 3.21. The van der Waals surface area contributed by atoms with Crippen LogP contribution in [0.15, 0.2) is 108 Å². The van der Waals surface area contributed by atoms with Crippen molar-refractivity contribution in [1.29, 1.82) is 0 Å². The van der Waals surface area contributed by atoms with Crippen molar-refractivity contribution in [3.05, 3.63) is 113 Å². The van der Waals surface area contributed by atoms with Gasteiger partial charge in [0.1, 0.15) is 0 Å². The highest BCUT2D eigenvalue weighted by atomic mass is 28.3. The van der Waals surface area contributed by atoms with E-state index in [1.54, 1.807) is 5.20 Å². The number of benzene rings is 3. The fourth-order valence-corrected chi connectivity index (χ4v) is 10.3. The summed E-state index contributed by atoms with van der Waals surface area (Å²) in [6.45, 7) is 9.26. The van der Waals surface area contributed by atoms with Gasteiger partial charge >= 0.3 is 0 Å². The second-order valence-electron chi connectivity index (χ2n) is 9.10. The van der Waals surface area contributed by atoms with Crippen molar-refractivity contribution in [2.75, 3.05) is 0 Å². The summed E-state index contributed by atoms with van der Waals surface area (Å²) in [6.07, 6.45) is 5.80. The summed E-state index contributed by atoms with van der Waals surface area (Å²) in [5, 5.41) is 6.05. The minimum Gasteiger partial charge on any atom is -0.0805 e. The molecular formula is C28H30Si. The van der Waals surface area contributed by atoms with Gasteiger partial charge in [-0.15, -0.1) is 0 Å². The van der Waals surface area contributed by atoms with Crippen LogP contribution in [0.3, 0.4) is 0 Å². The van der Waals surface area contributed by atoms with Gasteiger partial charge in [0.25, 0.3) is 0 Å². The molecule has 0 fully saturated rings. The Hall–Kier alpha value is -2.64. The number of aryl methyl sites for hydroxylation is 1. The first kappa shape index (κ1) is 19.7. The monoisotopic (exact) mass is 394 g/mol. The third-order valence-electron chi connectivity index (χ3n) is 6.06. The van der Waals surface area contributed by atoms with E-state index in [1.165, 1.54) is 26.7 Å². The number of hydrogen-bond acceptors (Lipinski definition) is 0. The molecule has 0 nitrogen and oxygen atoms in total. The SMILES string of the molecule is Cc1cccc([Si](C2=C(C(C)(C)C)C=CC2)(c2ccccc2)c2ccccc2)c1. The van der Waals surface area contributed by atoms with Gasteiger partial charge < -0.3 is 0 Å². The number of allylic oxidation sites excluding steroid dienone is 4. The molecule has 0 saturated carbocycles. The molecule has 1 aliphatic rings. The molecule has 0 N–H and O–H groups in total. The Morgan fingerprint density at radius 1 is 0.690 bits per heavy atom. The summed E-state index contributed by atoms with van der Waals surface area (Å²) in [7, 11) is -2.38. The van der Waals surface area contributed by atoms with Crippen LogP contribution in [0.2, 0.25) is 0 Å². The summed E-state index contributed by atoms with van der Waals surface area (Å²) in [5.74, 6) is 0. The second kappa shape index (κ2) is 7.65. The van der Waals surface area contributed by atoms with E-state index in [-0.39, 0.29) is 5.41 Å². The summed E-state index contributed by atoms with van der Waals surface area (Å²) in [4.78, 5) is 0. The van der Waals surface area contributed by atoms with Gasteiger partial charge in [-0.1, -0.05) is 129 Å².